The molecule has 0 saturated heterocycles. The molecule has 0 aliphatic carbocycles. The van der Waals surface area contributed by atoms with Crippen molar-refractivity contribution in [2.45, 2.75) is 20.5 Å². The molecule has 3 heteroatoms. The lowest BCUT2D eigenvalue weighted by molar-refractivity contribution is -0.109. The van der Waals surface area contributed by atoms with Crippen molar-refractivity contribution in [3.05, 3.63) is 34.9 Å². The van der Waals surface area contributed by atoms with Gasteiger partial charge in [-0.15, -0.1) is 0 Å². The standard InChI is InChI=1S/C13H14O2S/c1-10-5-6-12(8-13(10)9-14)4-3-7-16-11(2)15/h5-6,8,14H,7,9H2,1-2H3. The van der Waals surface area contributed by atoms with Crippen LogP contribution in [0.4, 0.5) is 0 Å². The normalized spacial score (nSPS) is 9.44. The predicted molar refractivity (Wildman–Crippen MR) is 67.1 cm³/mol. The van der Waals surface area contributed by atoms with Crippen molar-refractivity contribution in [2.24, 2.45) is 0 Å². The number of thioether (sulfide) groups is 1. The zero-order valence-electron chi connectivity index (χ0n) is 9.41. The number of carbonyl (C=O) groups excluding carboxylic acids is 1. The summed E-state index contributed by atoms with van der Waals surface area (Å²) in [6, 6.07) is 5.73. The maximum Gasteiger partial charge on any atom is 0.186 e. The van der Waals surface area contributed by atoms with Crippen molar-refractivity contribution in [2.75, 3.05) is 5.75 Å². The highest BCUT2D eigenvalue weighted by molar-refractivity contribution is 8.13. The molecule has 0 heterocycles. The van der Waals surface area contributed by atoms with E-state index >= 15 is 0 Å². The van der Waals surface area contributed by atoms with Crippen LogP contribution in [-0.4, -0.2) is 16.0 Å². The van der Waals surface area contributed by atoms with E-state index in [1.54, 1.807) is 0 Å². The zero-order chi connectivity index (χ0) is 12.0. The van der Waals surface area contributed by atoms with Gasteiger partial charge in [-0.1, -0.05) is 29.7 Å². The number of aryl methyl sites for hydroxylation is 1. The van der Waals surface area contributed by atoms with E-state index in [-0.39, 0.29) is 11.7 Å². The number of hydrogen-bond donors (Lipinski definition) is 1. The third-order valence-electron chi connectivity index (χ3n) is 2.10. The first-order valence-electron chi connectivity index (χ1n) is 4.96. The second-order valence-electron chi connectivity index (χ2n) is 3.38. The molecule has 0 aliphatic heterocycles. The number of carbonyl (C=O) groups is 1. The Morgan fingerprint density at radius 3 is 2.88 bits per heavy atom. The molecule has 0 aromatic heterocycles. The van der Waals surface area contributed by atoms with E-state index < -0.39 is 0 Å². The molecular weight excluding hydrogens is 220 g/mol. The Kier molecular flexibility index (Phi) is 5.10. The van der Waals surface area contributed by atoms with E-state index in [0.717, 1.165) is 16.7 Å². The highest BCUT2D eigenvalue weighted by Crippen LogP contribution is 2.10. The summed E-state index contributed by atoms with van der Waals surface area (Å²) in [5.41, 5.74) is 2.83. The van der Waals surface area contributed by atoms with Crippen LogP contribution in [0.2, 0.25) is 0 Å². The molecular formula is C13H14O2S. The Morgan fingerprint density at radius 2 is 2.25 bits per heavy atom. The van der Waals surface area contributed by atoms with Gasteiger partial charge < -0.3 is 5.11 Å². The molecule has 1 aromatic carbocycles. The second-order valence-corrected chi connectivity index (χ2v) is 4.53. The van der Waals surface area contributed by atoms with E-state index in [0.29, 0.717) is 5.75 Å². The molecule has 0 amide bonds. The van der Waals surface area contributed by atoms with Crippen molar-refractivity contribution < 1.29 is 9.90 Å². The van der Waals surface area contributed by atoms with Gasteiger partial charge in [0.15, 0.2) is 5.12 Å². The fraction of sp³-hybridized carbons (Fsp3) is 0.308. The molecule has 1 N–H and O–H groups in total. The average molecular weight is 234 g/mol. The molecule has 0 unspecified atom stereocenters. The number of hydrogen-bond acceptors (Lipinski definition) is 3. The highest BCUT2D eigenvalue weighted by atomic mass is 32.2. The molecule has 0 saturated carbocycles. The molecule has 0 aliphatic rings. The summed E-state index contributed by atoms with van der Waals surface area (Å²) in [6.45, 7) is 3.51. The average Bonchev–Trinajstić information content (AvgIpc) is 2.26. The maximum atomic E-state index is 10.7. The maximum absolute atomic E-state index is 10.7. The van der Waals surface area contributed by atoms with Gasteiger partial charge in [-0.05, 0) is 30.2 Å². The summed E-state index contributed by atoms with van der Waals surface area (Å²) in [7, 11) is 0. The van der Waals surface area contributed by atoms with Crippen molar-refractivity contribution in [1.29, 1.82) is 0 Å². The number of benzene rings is 1. The third kappa shape index (κ3) is 4.09. The second kappa shape index (κ2) is 6.37. The van der Waals surface area contributed by atoms with Crippen LogP contribution in [0.3, 0.4) is 0 Å². The van der Waals surface area contributed by atoms with Crippen LogP contribution < -0.4 is 0 Å². The van der Waals surface area contributed by atoms with Crippen LogP contribution in [0.1, 0.15) is 23.6 Å². The van der Waals surface area contributed by atoms with Crippen LogP contribution in [-0.2, 0) is 11.4 Å². The van der Waals surface area contributed by atoms with Crippen LogP contribution >= 0.6 is 11.8 Å². The fourth-order valence-electron chi connectivity index (χ4n) is 1.20. The van der Waals surface area contributed by atoms with Crippen LogP contribution in [0.15, 0.2) is 18.2 Å². The molecule has 0 radical (unpaired) electrons. The minimum atomic E-state index is 0.0313. The molecule has 84 valence electrons. The molecule has 2 nitrogen and oxygen atoms in total. The van der Waals surface area contributed by atoms with Gasteiger partial charge in [0, 0.05) is 12.5 Å². The number of aliphatic hydroxyl groups excluding tert-OH is 1. The number of rotatable bonds is 2. The van der Waals surface area contributed by atoms with Gasteiger partial charge in [-0.25, -0.2) is 0 Å². The molecule has 1 rings (SSSR count). The summed E-state index contributed by atoms with van der Waals surface area (Å²) in [4.78, 5) is 10.7. The molecule has 1 aromatic rings. The lowest BCUT2D eigenvalue weighted by Gasteiger charge is -2.01. The summed E-state index contributed by atoms with van der Waals surface area (Å²) < 4.78 is 0. The Hall–Kier alpha value is -1.24. The van der Waals surface area contributed by atoms with Gasteiger partial charge >= 0.3 is 0 Å². The molecule has 0 spiro atoms. The lowest BCUT2D eigenvalue weighted by Crippen LogP contribution is -1.89. The Balaban J connectivity index is 2.70. The van der Waals surface area contributed by atoms with E-state index in [1.165, 1.54) is 18.7 Å². The van der Waals surface area contributed by atoms with Crippen molar-refractivity contribution in [3.63, 3.8) is 0 Å². The summed E-state index contributed by atoms with van der Waals surface area (Å²) in [6.07, 6.45) is 0. The topological polar surface area (TPSA) is 37.3 Å². The van der Waals surface area contributed by atoms with Gasteiger partial charge in [0.2, 0.25) is 0 Å². The molecule has 0 atom stereocenters. The highest BCUT2D eigenvalue weighted by Gasteiger charge is 1.97. The fourth-order valence-corrected chi connectivity index (χ4v) is 1.54. The van der Waals surface area contributed by atoms with E-state index in [4.69, 9.17) is 5.11 Å². The SMILES string of the molecule is CC(=O)SCC#Cc1ccc(C)c(CO)c1. The third-order valence-corrected chi connectivity index (χ3v) is 2.80. The Morgan fingerprint density at radius 1 is 1.50 bits per heavy atom. The van der Waals surface area contributed by atoms with Crippen LogP contribution in [0.25, 0.3) is 0 Å². The summed E-state index contributed by atoms with van der Waals surface area (Å²) in [5.74, 6) is 6.39. The molecule has 16 heavy (non-hydrogen) atoms. The van der Waals surface area contributed by atoms with Crippen molar-refractivity contribution >= 4 is 16.9 Å². The predicted octanol–water partition coefficient (Wildman–Crippen LogP) is 2.12. The van der Waals surface area contributed by atoms with Gasteiger partial charge in [-0.3, -0.25) is 4.79 Å². The first kappa shape index (κ1) is 12.8. The smallest absolute Gasteiger partial charge is 0.186 e. The van der Waals surface area contributed by atoms with Gasteiger partial charge in [0.05, 0.1) is 12.4 Å². The Labute approximate surface area is 100 Å². The van der Waals surface area contributed by atoms with E-state index in [2.05, 4.69) is 11.8 Å². The van der Waals surface area contributed by atoms with Crippen LogP contribution in [0.5, 0.6) is 0 Å². The van der Waals surface area contributed by atoms with E-state index in [1.807, 2.05) is 25.1 Å². The van der Waals surface area contributed by atoms with Crippen LogP contribution in [0, 0.1) is 18.8 Å². The van der Waals surface area contributed by atoms with Gasteiger partial charge in [-0.2, -0.15) is 0 Å². The summed E-state index contributed by atoms with van der Waals surface area (Å²) >= 11 is 1.20. The molecule has 0 fully saturated rings. The first-order chi connectivity index (χ1) is 7.63. The van der Waals surface area contributed by atoms with Gasteiger partial charge in [0.1, 0.15) is 0 Å². The minimum Gasteiger partial charge on any atom is -0.392 e. The van der Waals surface area contributed by atoms with E-state index in [9.17, 15) is 4.79 Å². The van der Waals surface area contributed by atoms with Crippen molar-refractivity contribution in [3.8, 4) is 11.8 Å². The monoisotopic (exact) mass is 234 g/mol. The van der Waals surface area contributed by atoms with Gasteiger partial charge in [0.25, 0.3) is 0 Å². The quantitative estimate of drug-likeness (QED) is 0.796. The lowest BCUT2D eigenvalue weighted by atomic mass is 10.1. The minimum absolute atomic E-state index is 0.0313. The first-order valence-corrected chi connectivity index (χ1v) is 5.94. The zero-order valence-corrected chi connectivity index (χ0v) is 10.2. The number of aliphatic hydroxyl groups is 1. The molecule has 0 bridgehead atoms. The summed E-state index contributed by atoms with van der Waals surface area (Å²) in [5, 5.41) is 9.17. The Bertz CT molecular complexity index is 441. The van der Waals surface area contributed by atoms with Crippen molar-refractivity contribution in [1.82, 2.24) is 0 Å². The largest absolute Gasteiger partial charge is 0.392 e.